The lowest BCUT2D eigenvalue weighted by molar-refractivity contribution is 0.589. The first-order valence-electron chi connectivity index (χ1n) is 7.21. The predicted molar refractivity (Wildman–Crippen MR) is 83.8 cm³/mol. The Morgan fingerprint density at radius 2 is 1.80 bits per heavy atom. The Hall–Kier alpha value is -1.61. The van der Waals surface area contributed by atoms with Crippen molar-refractivity contribution in [2.75, 3.05) is 0 Å². The fraction of sp³-hybridized carbons (Fsp3) is 0.471. The number of nitrogens with two attached hydrogens (primary N) is 1. The summed E-state index contributed by atoms with van der Waals surface area (Å²) in [6.07, 6.45) is 4.87. The third-order valence-electron chi connectivity index (χ3n) is 3.41. The van der Waals surface area contributed by atoms with Crippen LogP contribution in [0.3, 0.4) is 0 Å². The minimum absolute atomic E-state index is 0.179. The highest BCUT2D eigenvalue weighted by Gasteiger charge is 2.12. The van der Waals surface area contributed by atoms with E-state index in [0.717, 1.165) is 13.0 Å². The lowest BCUT2D eigenvalue weighted by Crippen LogP contribution is -2.17. The first-order valence-corrected chi connectivity index (χ1v) is 7.21. The molecule has 1 aromatic heterocycles. The molecule has 0 radical (unpaired) electrons. The zero-order chi connectivity index (χ0) is 14.8. The van der Waals surface area contributed by atoms with Crippen molar-refractivity contribution in [2.24, 2.45) is 5.73 Å². The van der Waals surface area contributed by atoms with Crippen LogP contribution in [0.5, 0.6) is 0 Å². The molecule has 1 atom stereocenters. The summed E-state index contributed by atoms with van der Waals surface area (Å²) in [5, 5.41) is 4.40. The molecular weight excluding hydrogens is 246 g/mol. The summed E-state index contributed by atoms with van der Waals surface area (Å²) in [5.74, 6) is 0. The summed E-state index contributed by atoms with van der Waals surface area (Å²) in [6, 6.07) is 8.98. The van der Waals surface area contributed by atoms with E-state index in [0.29, 0.717) is 0 Å². The topological polar surface area (TPSA) is 43.8 Å². The first-order chi connectivity index (χ1) is 9.34. The van der Waals surface area contributed by atoms with Gasteiger partial charge in [-0.25, -0.2) is 0 Å². The zero-order valence-corrected chi connectivity index (χ0v) is 12.9. The fourth-order valence-corrected chi connectivity index (χ4v) is 2.27. The van der Waals surface area contributed by atoms with Gasteiger partial charge < -0.3 is 5.73 Å². The summed E-state index contributed by atoms with van der Waals surface area (Å²) in [4.78, 5) is 0. The third-order valence-corrected chi connectivity index (χ3v) is 3.41. The van der Waals surface area contributed by atoms with E-state index in [-0.39, 0.29) is 11.5 Å². The van der Waals surface area contributed by atoms with Gasteiger partial charge in [0.25, 0.3) is 0 Å². The zero-order valence-electron chi connectivity index (χ0n) is 12.9. The Labute approximate surface area is 121 Å². The molecule has 0 saturated carbocycles. The molecular formula is C17H25N3. The van der Waals surface area contributed by atoms with Crippen LogP contribution < -0.4 is 5.73 Å². The fourth-order valence-electron chi connectivity index (χ4n) is 2.27. The molecule has 2 rings (SSSR count). The van der Waals surface area contributed by atoms with Crippen LogP contribution in [0.2, 0.25) is 0 Å². The number of nitrogens with zero attached hydrogens (tertiary/aromatic N) is 2. The molecule has 0 aliphatic rings. The van der Waals surface area contributed by atoms with Gasteiger partial charge in [-0.15, -0.1) is 0 Å². The minimum Gasteiger partial charge on any atom is -0.328 e. The number of aromatic nitrogens is 2. The number of rotatable bonds is 4. The van der Waals surface area contributed by atoms with Crippen molar-refractivity contribution >= 4 is 0 Å². The monoisotopic (exact) mass is 271 g/mol. The highest BCUT2D eigenvalue weighted by molar-refractivity contribution is 5.27. The Balaban J connectivity index is 2.05. The second-order valence-electron chi connectivity index (χ2n) is 6.67. The smallest absolute Gasteiger partial charge is 0.0659 e. The van der Waals surface area contributed by atoms with Crippen LogP contribution in [0, 0.1) is 0 Å². The first kappa shape index (κ1) is 14.8. The molecule has 0 bridgehead atoms. The second-order valence-corrected chi connectivity index (χ2v) is 6.67. The highest BCUT2D eigenvalue weighted by atomic mass is 15.3. The summed E-state index contributed by atoms with van der Waals surface area (Å²) >= 11 is 0. The second kappa shape index (κ2) is 5.80. The van der Waals surface area contributed by atoms with E-state index in [1.54, 1.807) is 0 Å². The summed E-state index contributed by atoms with van der Waals surface area (Å²) in [6.45, 7) is 9.52. The van der Waals surface area contributed by atoms with Gasteiger partial charge >= 0.3 is 0 Å². The SMILES string of the molecule is CC(N)Cc1cnn(Cc2ccc(C(C)(C)C)cc2)c1. The standard InChI is InChI=1S/C17H25N3/c1-13(18)9-15-10-19-20(12-15)11-14-5-7-16(8-6-14)17(2,3)4/h5-8,10,12-13H,9,11,18H2,1-4H3. The van der Waals surface area contributed by atoms with Gasteiger partial charge in [-0.2, -0.15) is 5.10 Å². The van der Waals surface area contributed by atoms with Gasteiger partial charge in [0.1, 0.15) is 0 Å². The Morgan fingerprint density at radius 3 is 2.35 bits per heavy atom. The summed E-state index contributed by atoms with van der Waals surface area (Å²) < 4.78 is 1.98. The quantitative estimate of drug-likeness (QED) is 0.928. The van der Waals surface area contributed by atoms with Gasteiger partial charge in [0, 0.05) is 12.2 Å². The molecule has 2 N–H and O–H groups in total. The van der Waals surface area contributed by atoms with E-state index in [9.17, 15) is 0 Å². The van der Waals surface area contributed by atoms with Gasteiger partial charge in [0.05, 0.1) is 12.7 Å². The molecule has 20 heavy (non-hydrogen) atoms. The molecule has 0 spiro atoms. The predicted octanol–water partition coefficient (Wildman–Crippen LogP) is 3.12. The van der Waals surface area contributed by atoms with Crippen LogP contribution in [-0.2, 0) is 18.4 Å². The number of hydrogen-bond acceptors (Lipinski definition) is 2. The lowest BCUT2D eigenvalue weighted by atomic mass is 9.87. The van der Waals surface area contributed by atoms with E-state index in [4.69, 9.17) is 5.73 Å². The van der Waals surface area contributed by atoms with Crippen molar-refractivity contribution in [3.8, 4) is 0 Å². The van der Waals surface area contributed by atoms with Crippen molar-refractivity contribution in [2.45, 2.75) is 52.1 Å². The van der Waals surface area contributed by atoms with Crippen LogP contribution >= 0.6 is 0 Å². The van der Waals surface area contributed by atoms with E-state index in [1.807, 2.05) is 17.8 Å². The normalized spacial score (nSPS) is 13.4. The molecule has 0 fully saturated rings. The maximum atomic E-state index is 5.81. The van der Waals surface area contributed by atoms with Crippen molar-refractivity contribution in [3.63, 3.8) is 0 Å². The molecule has 0 amide bonds. The number of hydrogen-bond donors (Lipinski definition) is 1. The largest absolute Gasteiger partial charge is 0.328 e. The van der Waals surface area contributed by atoms with Crippen molar-refractivity contribution in [1.29, 1.82) is 0 Å². The molecule has 1 heterocycles. The van der Waals surface area contributed by atoms with E-state index < -0.39 is 0 Å². The van der Waals surface area contributed by atoms with Crippen LogP contribution in [0.4, 0.5) is 0 Å². The van der Waals surface area contributed by atoms with E-state index in [2.05, 4.69) is 56.3 Å². The Kier molecular flexibility index (Phi) is 4.29. The molecule has 3 heteroatoms. The molecule has 2 aromatic rings. The molecule has 1 aromatic carbocycles. The molecule has 1 unspecified atom stereocenters. The van der Waals surface area contributed by atoms with E-state index in [1.165, 1.54) is 16.7 Å². The van der Waals surface area contributed by atoms with Crippen LogP contribution in [0.1, 0.15) is 44.4 Å². The summed E-state index contributed by atoms with van der Waals surface area (Å²) in [7, 11) is 0. The number of benzene rings is 1. The van der Waals surface area contributed by atoms with Gasteiger partial charge in [-0.05, 0) is 35.4 Å². The minimum atomic E-state index is 0.179. The lowest BCUT2D eigenvalue weighted by Gasteiger charge is -2.19. The maximum Gasteiger partial charge on any atom is 0.0659 e. The van der Waals surface area contributed by atoms with Crippen LogP contribution in [-0.4, -0.2) is 15.8 Å². The molecule has 0 aliphatic heterocycles. The Morgan fingerprint density at radius 1 is 1.15 bits per heavy atom. The van der Waals surface area contributed by atoms with E-state index >= 15 is 0 Å². The van der Waals surface area contributed by atoms with Crippen molar-refractivity contribution in [3.05, 3.63) is 53.3 Å². The molecule has 3 nitrogen and oxygen atoms in total. The van der Waals surface area contributed by atoms with Gasteiger partial charge in [-0.1, -0.05) is 45.0 Å². The average Bonchev–Trinajstić information content (AvgIpc) is 2.75. The molecule has 108 valence electrons. The van der Waals surface area contributed by atoms with Crippen molar-refractivity contribution < 1.29 is 0 Å². The maximum absolute atomic E-state index is 5.81. The summed E-state index contributed by atoms with van der Waals surface area (Å²) in [5.41, 5.74) is 9.84. The average molecular weight is 271 g/mol. The Bertz CT molecular complexity index is 544. The van der Waals surface area contributed by atoms with Crippen LogP contribution in [0.15, 0.2) is 36.7 Å². The molecule has 0 aliphatic carbocycles. The van der Waals surface area contributed by atoms with Gasteiger partial charge in [-0.3, -0.25) is 4.68 Å². The third kappa shape index (κ3) is 3.94. The van der Waals surface area contributed by atoms with Gasteiger partial charge in [0.2, 0.25) is 0 Å². The highest BCUT2D eigenvalue weighted by Crippen LogP contribution is 2.22. The van der Waals surface area contributed by atoms with Crippen molar-refractivity contribution in [1.82, 2.24) is 9.78 Å². The molecule has 0 saturated heterocycles. The van der Waals surface area contributed by atoms with Crippen LogP contribution in [0.25, 0.3) is 0 Å². The van der Waals surface area contributed by atoms with Gasteiger partial charge in [0.15, 0.2) is 0 Å².